The monoisotopic (exact) mass is 389 g/mol. The first-order valence-corrected chi connectivity index (χ1v) is 9.82. The number of hydrogen-bond acceptors (Lipinski definition) is 4. The Balaban J connectivity index is 1.40. The van der Waals surface area contributed by atoms with E-state index in [4.69, 9.17) is 4.42 Å². The van der Waals surface area contributed by atoms with Crippen molar-refractivity contribution in [1.29, 1.82) is 0 Å². The van der Waals surface area contributed by atoms with Crippen molar-refractivity contribution < 1.29 is 13.6 Å². The molecule has 4 aromatic rings. The summed E-state index contributed by atoms with van der Waals surface area (Å²) in [7, 11) is 0. The SMILES string of the molecule is CC(CNC(=O)c1cc(C2CC2)nc2ccc(F)cc12)c1nc2ccccc2o1. The third-order valence-electron chi connectivity index (χ3n) is 5.33. The number of para-hydroxylation sites is 2. The van der Waals surface area contributed by atoms with Crippen molar-refractivity contribution in [3.8, 4) is 0 Å². The van der Waals surface area contributed by atoms with Crippen LogP contribution in [0.15, 0.2) is 52.9 Å². The third-order valence-corrected chi connectivity index (χ3v) is 5.33. The first kappa shape index (κ1) is 17.8. The van der Waals surface area contributed by atoms with E-state index in [-0.39, 0.29) is 17.6 Å². The standard InChI is InChI=1S/C23H20FN3O2/c1-13(23-27-19-4-2-3-5-21(19)29-23)12-25-22(28)17-11-20(14-6-7-14)26-18-9-8-15(24)10-16(17)18/h2-5,8-11,13-14H,6-7,12H2,1H3,(H,25,28). The molecule has 5 rings (SSSR count). The lowest BCUT2D eigenvalue weighted by Crippen LogP contribution is -2.28. The third kappa shape index (κ3) is 3.46. The second kappa shape index (κ2) is 6.95. The normalized spacial score (nSPS) is 15.0. The summed E-state index contributed by atoms with van der Waals surface area (Å²) in [5, 5.41) is 3.48. The number of nitrogens with zero attached hydrogens (tertiary/aromatic N) is 2. The van der Waals surface area contributed by atoms with Gasteiger partial charge in [0.05, 0.1) is 17.0 Å². The zero-order valence-corrected chi connectivity index (χ0v) is 16.0. The summed E-state index contributed by atoms with van der Waals surface area (Å²) in [5.41, 5.74) is 3.53. The second-order valence-corrected chi connectivity index (χ2v) is 7.66. The van der Waals surface area contributed by atoms with Gasteiger partial charge in [0.15, 0.2) is 11.5 Å². The highest BCUT2D eigenvalue weighted by molar-refractivity contribution is 6.06. The van der Waals surface area contributed by atoms with Gasteiger partial charge in [-0.15, -0.1) is 0 Å². The van der Waals surface area contributed by atoms with Crippen molar-refractivity contribution in [3.05, 3.63) is 71.5 Å². The van der Waals surface area contributed by atoms with Crippen molar-refractivity contribution in [3.63, 3.8) is 0 Å². The number of halogens is 1. The summed E-state index contributed by atoms with van der Waals surface area (Å²) in [6.45, 7) is 2.31. The van der Waals surface area contributed by atoms with E-state index in [1.54, 1.807) is 12.1 Å². The molecular formula is C23H20FN3O2. The molecule has 6 heteroatoms. The lowest BCUT2D eigenvalue weighted by Gasteiger charge is -2.12. The van der Waals surface area contributed by atoms with Crippen molar-refractivity contribution in [2.24, 2.45) is 0 Å². The molecule has 1 aliphatic rings. The Kier molecular flexibility index (Phi) is 4.27. The van der Waals surface area contributed by atoms with E-state index in [1.165, 1.54) is 12.1 Å². The van der Waals surface area contributed by atoms with Gasteiger partial charge in [-0.1, -0.05) is 19.1 Å². The number of fused-ring (bicyclic) bond motifs is 2. The van der Waals surface area contributed by atoms with Gasteiger partial charge in [-0.2, -0.15) is 0 Å². The van der Waals surface area contributed by atoms with Crippen LogP contribution in [0.4, 0.5) is 4.39 Å². The Labute approximate surface area is 167 Å². The van der Waals surface area contributed by atoms with E-state index in [1.807, 2.05) is 31.2 Å². The number of benzene rings is 2. The zero-order valence-electron chi connectivity index (χ0n) is 16.0. The van der Waals surface area contributed by atoms with Crippen LogP contribution < -0.4 is 5.32 Å². The largest absolute Gasteiger partial charge is 0.440 e. The Bertz CT molecular complexity index is 1200. The fraction of sp³-hybridized carbons (Fsp3) is 0.261. The lowest BCUT2D eigenvalue weighted by molar-refractivity contribution is 0.0952. The summed E-state index contributed by atoms with van der Waals surface area (Å²) in [4.78, 5) is 22.1. The Hall–Kier alpha value is -3.28. The topological polar surface area (TPSA) is 68.0 Å². The van der Waals surface area contributed by atoms with Gasteiger partial charge < -0.3 is 9.73 Å². The molecule has 0 bridgehead atoms. The maximum atomic E-state index is 13.8. The van der Waals surface area contributed by atoms with Crippen LogP contribution in [0.1, 0.15) is 53.5 Å². The summed E-state index contributed by atoms with van der Waals surface area (Å²) in [5.74, 6) is 0.254. The molecule has 0 radical (unpaired) electrons. The molecule has 1 atom stereocenters. The molecule has 1 N–H and O–H groups in total. The van der Waals surface area contributed by atoms with Crippen LogP contribution in [-0.2, 0) is 0 Å². The zero-order chi connectivity index (χ0) is 20.0. The molecule has 1 saturated carbocycles. The van der Waals surface area contributed by atoms with Crippen molar-refractivity contribution in [2.45, 2.75) is 31.6 Å². The maximum absolute atomic E-state index is 13.8. The number of oxazole rings is 1. The van der Waals surface area contributed by atoms with Gasteiger partial charge in [0.25, 0.3) is 5.91 Å². The first-order valence-electron chi connectivity index (χ1n) is 9.82. The fourth-order valence-electron chi connectivity index (χ4n) is 3.52. The lowest BCUT2D eigenvalue weighted by atomic mass is 10.0. The highest BCUT2D eigenvalue weighted by Gasteiger charge is 2.27. The molecule has 29 heavy (non-hydrogen) atoms. The average molecular weight is 389 g/mol. The van der Waals surface area contributed by atoms with E-state index >= 15 is 0 Å². The van der Waals surface area contributed by atoms with Crippen LogP contribution in [0.2, 0.25) is 0 Å². The van der Waals surface area contributed by atoms with Crippen LogP contribution in [0.3, 0.4) is 0 Å². The van der Waals surface area contributed by atoms with Gasteiger partial charge >= 0.3 is 0 Å². The minimum Gasteiger partial charge on any atom is -0.440 e. The van der Waals surface area contributed by atoms with Gasteiger partial charge in [0, 0.05) is 23.5 Å². The molecule has 0 saturated heterocycles. The smallest absolute Gasteiger partial charge is 0.252 e. The molecule has 2 aromatic heterocycles. The fourth-order valence-corrected chi connectivity index (χ4v) is 3.52. The number of carbonyl (C=O) groups excluding carboxylic acids is 1. The molecular weight excluding hydrogens is 369 g/mol. The Morgan fingerprint density at radius 3 is 2.79 bits per heavy atom. The van der Waals surface area contributed by atoms with Crippen LogP contribution in [0.25, 0.3) is 22.0 Å². The van der Waals surface area contributed by atoms with Crippen LogP contribution in [-0.4, -0.2) is 22.4 Å². The van der Waals surface area contributed by atoms with Crippen molar-refractivity contribution in [1.82, 2.24) is 15.3 Å². The van der Waals surface area contributed by atoms with Crippen LogP contribution >= 0.6 is 0 Å². The maximum Gasteiger partial charge on any atom is 0.252 e. The number of amides is 1. The predicted molar refractivity (Wildman–Crippen MR) is 108 cm³/mol. The highest BCUT2D eigenvalue weighted by Crippen LogP contribution is 2.40. The van der Waals surface area contributed by atoms with E-state index in [9.17, 15) is 9.18 Å². The van der Waals surface area contributed by atoms with Crippen LogP contribution in [0.5, 0.6) is 0 Å². The van der Waals surface area contributed by atoms with Crippen molar-refractivity contribution >= 4 is 27.9 Å². The molecule has 0 spiro atoms. The predicted octanol–water partition coefficient (Wildman–Crippen LogP) is 4.93. The number of rotatable bonds is 5. The molecule has 1 unspecified atom stereocenters. The molecule has 1 aliphatic carbocycles. The van der Waals surface area contributed by atoms with Gasteiger partial charge in [0.1, 0.15) is 11.3 Å². The van der Waals surface area contributed by atoms with Gasteiger partial charge in [-0.05, 0) is 49.2 Å². The molecule has 2 aromatic carbocycles. The summed E-state index contributed by atoms with van der Waals surface area (Å²) in [6.07, 6.45) is 2.16. The quantitative estimate of drug-likeness (QED) is 0.526. The Morgan fingerprint density at radius 1 is 1.17 bits per heavy atom. The van der Waals surface area contributed by atoms with E-state index in [0.29, 0.717) is 34.8 Å². The first-order chi connectivity index (χ1) is 14.1. The number of aromatic nitrogens is 2. The van der Waals surface area contributed by atoms with Gasteiger partial charge in [-0.25, -0.2) is 9.37 Å². The molecule has 5 nitrogen and oxygen atoms in total. The van der Waals surface area contributed by atoms with Crippen molar-refractivity contribution in [2.75, 3.05) is 6.54 Å². The minimum absolute atomic E-state index is 0.0981. The minimum atomic E-state index is -0.382. The molecule has 0 aliphatic heterocycles. The summed E-state index contributed by atoms with van der Waals surface area (Å²) < 4.78 is 19.6. The summed E-state index contributed by atoms with van der Waals surface area (Å²) in [6, 6.07) is 13.8. The van der Waals surface area contributed by atoms with Crippen LogP contribution in [0, 0.1) is 5.82 Å². The summed E-state index contributed by atoms with van der Waals surface area (Å²) >= 11 is 0. The molecule has 1 amide bonds. The van der Waals surface area contributed by atoms with E-state index < -0.39 is 0 Å². The molecule has 146 valence electrons. The van der Waals surface area contributed by atoms with E-state index in [0.717, 1.165) is 29.6 Å². The Morgan fingerprint density at radius 2 is 2.00 bits per heavy atom. The molecule has 1 fully saturated rings. The van der Waals surface area contributed by atoms with Gasteiger partial charge in [-0.3, -0.25) is 9.78 Å². The number of hydrogen-bond donors (Lipinski definition) is 1. The molecule has 2 heterocycles. The van der Waals surface area contributed by atoms with Gasteiger partial charge in [0.2, 0.25) is 0 Å². The average Bonchev–Trinajstić information content (AvgIpc) is 3.49. The number of nitrogens with one attached hydrogen (secondary N) is 1. The number of pyridine rings is 1. The second-order valence-electron chi connectivity index (χ2n) is 7.66. The van der Waals surface area contributed by atoms with E-state index in [2.05, 4.69) is 15.3 Å². The highest BCUT2D eigenvalue weighted by atomic mass is 19.1. The number of carbonyl (C=O) groups is 1.